The molecule has 0 radical (unpaired) electrons. The zero-order valence-electron chi connectivity index (χ0n) is 21.2. The van der Waals surface area contributed by atoms with Gasteiger partial charge in [-0.15, -0.1) is 0 Å². The highest BCUT2D eigenvalue weighted by Gasteiger charge is 2.30. The lowest BCUT2D eigenvalue weighted by atomic mass is 10.1. The van der Waals surface area contributed by atoms with E-state index in [9.17, 15) is 22.8 Å². The van der Waals surface area contributed by atoms with Crippen molar-refractivity contribution in [1.29, 1.82) is 0 Å². The van der Waals surface area contributed by atoms with Gasteiger partial charge in [0.1, 0.15) is 12.6 Å². The molecule has 0 saturated heterocycles. The molecule has 2 amide bonds. The van der Waals surface area contributed by atoms with Crippen molar-refractivity contribution in [2.45, 2.75) is 59.7 Å². The van der Waals surface area contributed by atoms with E-state index in [2.05, 4.69) is 5.32 Å². The first-order valence-electron chi connectivity index (χ1n) is 11.6. The highest BCUT2D eigenvalue weighted by atomic mass is 32.2. The number of carbonyl (C=O) groups is 3. The Morgan fingerprint density at radius 1 is 1.03 bits per heavy atom. The Balaban J connectivity index is 2.44. The van der Waals surface area contributed by atoms with E-state index < -0.39 is 28.5 Å². The SMILES string of the molecule is CC[C@H](C)NC(=O)[C@@H](C)N(Cc1ccccc1C)C(=O)CN(c1cccc(C(C)=O)c1)S(C)(=O)=O. The van der Waals surface area contributed by atoms with Crippen LogP contribution in [0, 0.1) is 6.92 Å². The first kappa shape index (κ1) is 28.0. The van der Waals surface area contributed by atoms with Gasteiger partial charge in [-0.25, -0.2) is 8.42 Å². The number of nitrogens with one attached hydrogen (secondary N) is 1. The Hall–Kier alpha value is -3.20. The van der Waals surface area contributed by atoms with Gasteiger partial charge in [0, 0.05) is 18.2 Å². The molecule has 1 N–H and O–H groups in total. The molecule has 0 saturated carbocycles. The van der Waals surface area contributed by atoms with E-state index in [-0.39, 0.29) is 30.0 Å². The number of anilines is 1. The van der Waals surface area contributed by atoms with Crippen molar-refractivity contribution in [3.8, 4) is 0 Å². The molecule has 0 aromatic heterocycles. The van der Waals surface area contributed by atoms with Crippen LogP contribution in [0.5, 0.6) is 0 Å². The molecule has 0 fully saturated rings. The zero-order chi connectivity index (χ0) is 26.3. The number of ketones is 1. The number of aryl methyl sites for hydroxylation is 1. The molecule has 0 aliphatic rings. The van der Waals surface area contributed by atoms with Crippen LogP contribution in [0.4, 0.5) is 5.69 Å². The average molecular weight is 502 g/mol. The second kappa shape index (κ2) is 12.0. The summed E-state index contributed by atoms with van der Waals surface area (Å²) in [6.45, 7) is 8.40. The number of amides is 2. The van der Waals surface area contributed by atoms with Crippen molar-refractivity contribution in [3.05, 3.63) is 65.2 Å². The molecule has 35 heavy (non-hydrogen) atoms. The standard InChI is InChI=1S/C26H35N3O5S/c1-7-19(3)27-26(32)20(4)28(16-23-12-9-8-11-18(23)2)25(31)17-29(35(6,33)34)24-14-10-13-22(15-24)21(5)30/h8-15,19-20H,7,16-17H2,1-6H3,(H,27,32)/t19-,20+/m0/s1. The third-order valence-corrected chi connectivity index (χ3v) is 7.13. The summed E-state index contributed by atoms with van der Waals surface area (Å²) in [4.78, 5) is 39.7. The maximum absolute atomic E-state index is 13.6. The molecule has 2 aromatic rings. The molecule has 0 spiro atoms. The van der Waals surface area contributed by atoms with Gasteiger partial charge in [0.2, 0.25) is 21.8 Å². The normalized spacial score (nSPS) is 13.0. The molecule has 2 atom stereocenters. The van der Waals surface area contributed by atoms with E-state index in [1.54, 1.807) is 19.1 Å². The molecule has 9 heteroatoms. The lowest BCUT2D eigenvalue weighted by Gasteiger charge is -2.32. The second-order valence-corrected chi connectivity index (χ2v) is 10.7. The number of hydrogen-bond donors (Lipinski definition) is 1. The van der Waals surface area contributed by atoms with Gasteiger partial charge in [-0.3, -0.25) is 18.7 Å². The Bertz CT molecular complexity index is 1180. The number of nitrogens with zero attached hydrogens (tertiary/aromatic N) is 2. The van der Waals surface area contributed by atoms with E-state index in [0.29, 0.717) is 5.56 Å². The predicted octanol–water partition coefficient (Wildman–Crippen LogP) is 3.30. The summed E-state index contributed by atoms with van der Waals surface area (Å²) in [7, 11) is -3.86. The van der Waals surface area contributed by atoms with Crippen molar-refractivity contribution < 1.29 is 22.8 Å². The maximum atomic E-state index is 13.6. The Morgan fingerprint density at radius 2 is 1.69 bits per heavy atom. The Kier molecular flexibility index (Phi) is 9.59. The fourth-order valence-corrected chi connectivity index (χ4v) is 4.35. The minimum Gasteiger partial charge on any atom is -0.352 e. The smallest absolute Gasteiger partial charge is 0.244 e. The van der Waals surface area contributed by atoms with Crippen molar-refractivity contribution in [2.24, 2.45) is 0 Å². The number of rotatable bonds is 11. The highest BCUT2D eigenvalue weighted by molar-refractivity contribution is 7.92. The number of carbonyl (C=O) groups excluding carboxylic acids is 3. The van der Waals surface area contributed by atoms with Crippen LogP contribution in [0.2, 0.25) is 0 Å². The van der Waals surface area contributed by atoms with Crippen LogP contribution in [0.3, 0.4) is 0 Å². The average Bonchev–Trinajstić information content (AvgIpc) is 2.80. The summed E-state index contributed by atoms with van der Waals surface area (Å²) >= 11 is 0. The summed E-state index contributed by atoms with van der Waals surface area (Å²) in [5.41, 5.74) is 2.35. The molecule has 0 bridgehead atoms. The fourth-order valence-electron chi connectivity index (χ4n) is 3.51. The molecule has 2 aromatic carbocycles. The van der Waals surface area contributed by atoms with Gasteiger partial charge in [-0.05, 0) is 57.4 Å². The first-order chi connectivity index (χ1) is 16.3. The van der Waals surface area contributed by atoms with Crippen LogP contribution in [0.1, 0.15) is 55.6 Å². The summed E-state index contributed by atoms with van der Waals surface area (Å²) in [6.07, 6.45) is 1.74. The van der Waals surface area contributed by atoms with E-state index in [4.69, 9.17) is 0 Å². The van der Waals surface area contributed by atoms with Gasteiger partial charge < -0.3 is 10.2 Å². The molecule has 0 unspecified atom stereocenters. The highest BCUT2D eigenvalue weighted by Crippen LogP contribution is 2.21. The van der Waals surface area contributed by atoms with Crippen LogP contribution in [0.25, 0.3) is 0 Å². The van der Waals surface area contributed by atoms with E-state index in [1.165, 1.54) is 24.0 Å². The zero-order valence-corrected chi connectivity index (χ0v) is 22.1. The largest absolute Gasteiger partial charge is 0.352 e. The third kappa shape index (κ3) is 7.65. The van der Waals surface area contributed by atoms with E-state index in [0.717, 1.165) is 28.1 Å². The molecule has 0 heterocycles. The lowest BCUT2D eigenvalue weighted by Crippen LogP contribution is -2.52. The summed E-state index contributed by atoms with van der Waals surface area (Å²) < 4.78 is 26.3. The molecule has 0 aliphatic heterocycles. The predicted molar refractivity (Wildman–Crippen MR) is 138 cm³/mol. The van der Waals surface area contributed by atoms with Gasteiger partial charge in [-0.2, -0.15) is 0 Å². The summed E-state index contributed by atoms with van der Waals surface area (Å²) in [5, 5.41) is 2.90. The fraction of sp³-hybridized carbons (Fsp3) is 0.423. The van der Waals surface area contributed by atoms with Crippen molar-refractivity contribution >= 4 is 33.3 Å². The summed E-state index contributed by atoms with van der Waals surface area (Å²) in [5.74, 6) is -1.06. The minimum absolute atomic E-state index is 0.0674. The van der Waals surface area contributed by atoms with E-state index >= 15 is 0 Å². The number of benzene rings is 2. The number of hydrogen-bond acceptors (Lipinski definition) is 5. The van der Waals surface area contributed by atoms with E-state index in [1.807, 2.05) is 45.0 Å². The van der Waals surface area contributed by atoms with Crippen LogP contribution in [-0.2, 0) is 26.2 Å². The molecule has 0 aliphatic carbocycles. The van der Waals surface area contributed by atoms with Crippen LogP contribution < -0.4 is 9.62 Å². The van der Waals surface area contributed by atoms with Gasteiger partial charge in [0.05, 0.1) is 11.9 Å². The second-order valence-electron chi connectivity index (χ2n) is 8.82. The van der Waals surface area contributed by atoms with Crippen molar-refractivity contribution in [2.75, 3.05) is 17.1 Å². The Labute approximate surface area is 208 Å². The monoisotopic (exact) mass is 501 g/mol. The van der Waals surface area contributed by atoms with Crippen LogP contribution in [-0.4, -0.2) is 55.8 Å². The van der Waals surface area contributed by atoms with Crippen LogP contribution in [0.15, 0.2) is 48.5 Å². The molecule has 190 valence electrons. The lowest BCUT2D eigenvalue weighted by molar-refractivity contribution is -0.139. The molecule has 8 nitrogen and oxygen atoms in total. The van der Waals surface area contributed by atoms with Gasteiger partial charge in [-0.1, -0.05) is 43.3 Å². The van der Waals surface area contributed by atoms with Crippen molar-refractivity contribution in [1.82, 2.24) is 10.2 Å². The summed E-state index contributed by atoms with van der Waals surface area (Å²) in [6, 6.07) is 12.8. The molecular formula is C26H35N3O5S. The number of sulfonamides is 1. The van der Waals surface area contributed by atoms with Crippen molar-refractivity contribution in [3.63, 3.8) is 0 Å². The Morgan fingerprint density at radius 3 is 2.26 bits per heavy atom. The van der Waals surface area contributed by atoms with Gasteiger partial charge >= 0.3 is 0 Å². The number of Topliss-reactive ketones (excluding diaryl/α,β-unsaturated/α-hetero) is 1. The van der Waals surface area contributed by atoms with Gasteiger partial charge in [0.15, 0.2) is 5.78 Å². The van der Waals surface area contributed by atoms with Crippen LogP contribution >= 0.6 is 0 Å². The van der Waals surface area contributed by atoms with Gasteiger partial charge in [0.25, 0.3) is 0 Å². The maximum Gasteiger partial charge on any atom is 0.244 e. The minimum atomic E-state index is -3.86. The quantitative estimate of drug-likeness (QED) is 0.476. The first-order valence-corrected chi connectivity index (χ1v) is 13.4. The third-order valence-electron chi connectivity index (χ3n) is 5.99. The molecular weight excluding hydrogens is 466 g/mol. The molecule has 2 rings (SSSR count). The topological polar surface area (TPSA) is 104 Å².